The molecule has 4 nitrogen and oxygen atoms in total. The zero-order valence-electron chi connectivity index (χ0n) is 8.23. The number of rotatable bonds is 1. The highest BCUT2D eigenvalue weighted by Gasteiger charge is 2.06. The van der Waals surface area contributed by atoms with Crippen LogP contribution in [0.15, 0.2) is 24.3 Å². The summed E-state index contributed by atoms with van der Waals surface area (Å²) in [7, 11) is 1.85. The van der Waals surface area contributed by atoms with Crippen LogP contribution < -0.4 is 5.73 Å². The van der Waals surface area contributed by atoms with Crippen molar-refractivity contribution < 1.29 is 0 Å². The number of nitrogens with two attached hydrogens (primary N) is 1. The molecule has 2 aromatic rings. The molecule has 0 aliphatic carbocycles. The number of nitrogen functional groups attached to an aromatic ring is 1. The third-order valence-electron chi connectivity index (χ3n) is 2.22. The minimum atomic E-state index is 0.431. The number of benzene rings is 1. The van der Waals surface area contributed by atoms with Gasteiger partial charge in [0.15, 0.2) is 5.82 Å². The summed E-state index contributed by atoms with van der Waals surface area (Å²) in [6, 6.07) is 8.11. The van der Waals surface area contributed by atoms with E-state index < -0.39 is 0 Å². The molecule has 2 rings (SSSR count). The van der Waals surface area contributed by atoms with Crippen LogP contribution >= 0.6 is 0 Å². The van der Waals surface area contributed by atoms with Crippen molar-refractivity contribution in [3.63, 3.8) is 0 Å². The maximum Gasteiger partial charge on any atom is 0.222 e. The summed E-state index contributed by atoms with van der Waals surface area (Å²) in [5, 5.41) is 7.81. The number of hydrogen-bond donors (Lipinski definition) is 1. The van der Waals surface area contributed by atoms with Crippen molar-refractivity contribution in [2.45, 2.75) is 6.92 Å². The molecule has 1 aromatic heterocycles. The Morgan fingerprint density at radius 1 is 1.14 bits per heavy atom. The fraction of sp³-hybridized carbons (Fsp3) is 0.200. The summed E-state index contributed by atoms with van der Waals surface area (Å²) in [5.41, 5.74) is 7.85. The lowest BCUT2D eigenvalue weighted by molar-refractivity contribution is 0.934. The van der Waals surface area contributed by atoms with Crippen LogP contribution in [-0.4, -0.2) is 14.8 Å². The summed E-state index contributed by atoms with van der Waals surface area (Å²) < 4.78 is 1.77. The Morgan fingerprint density at radius 3 is 2.29 bits per heavy atom. The Bertz CT molecular complexity index is 442. The highest BCUT2D eigenvalue weighted by atomic mass is 15.3. The van der Waals surface area contributed by atoms with Crippen LogP contribution in [0.25, 0.3) is 11.4 Å². The van der Waals surface area contributed by atoms with Gasteiger partial charge in [0.1, 0.15) is 0 Å². The molecule has 0 unspecified atom stereocenters. The first-order valence-corrected chi connectivity index (χ1v) is 4.40. The van der Waals surface area contributed by atoms with Crippen LogP contribution in [0, 0.1) is 6.92 Å². The molecule has 0 amide bonds. The van der Waals surface area contributed by atoms with Crippen LogP contribution in [0.2, 0.25) is 0 Å². The first-order chi connectivity index (χ1) is 6.68. The number of nitrogens with zero attached hydrogens (tertiary/aromatic N) is 3. The Balaban J connectivity index is 2.49. The molecule has 72 valence electrons. The lowest BCUT2D eigenvalue weighted by Gasteiger charge is -2.01. The van der Waals surface area contributed by atoms with Gasteiger partial charge in [0.2, 0.25) is 5.95 Å². The zero-order valence-corrected chi connectivity index (χ0v) is 8.23. The maximum absolute atomic E-state index is 5.60. The lowest BCUT2D eigenvalue weighted by Crippen LogP contribution is -1.98. The van der Waals surface area contributed by atoms with Crippen LogP contribution in [-0.2, 0) is 7.05 Å². The largest absolute Gasteiger partial charge is 0.368 e. The second-order valence-electron chi connectivity index (χ2n) is 3.31. The van der Waals surface area contributed by atoms with E-state index in [4.69, 9.17) is 5.73 Å². The summed E-state index contributed by atoms with van der Waals surface area (Å²) in [4.78, 5) is 0. The molecule has 0 aliphatic heterocycles. The van der Waals surface area contributed by atoms with Gasteiger partial charge in [-0.25, -0.2) is 0 Å². The van der Waals surface area contributed by atoms with Gasteiger partial charge in [0.25, 0.3) is 0 Å². The Morgan fingerprint density at radius 2 is 1.79 bits per heavy atom. The van der Waals surface area contributed by atoms with Crippen LogP contribution in [0.1, 0.15) is 5.56 Å². The van der Waals surface area contributed by atoms with Gasteiger partial charge < -0.3 is 5.73 Å². The van der Waals surface area contributed by atoms with Crippen molar-refractivity contribution in [2.24, 2.45) is 7.05 Å². The van der Waals surface area contributed by atoms with E-state index in [0.29, 0.717) is 5.95 Å². The molecule has 14 heavy (non-hydrogen) atoms. The minimum absolute atomic E-state index is 0.431. The summed E-state index contributed by atoms with van der Waals surface area (Å²) in [6.45, 7) is 2.05. The predicted molar refractivity (Wildman–Crippen MR) is 55.6 cm³/mol. The van der Waals surface area contributed by atoms with Gasteiger partial charge in [-0.3, -0.25) is 4.57 Å². The SMILES string of the molecule is Cc1ccc(-c2nnc(N)n2C)cc1. The van der Waals surface area contributed by atoms with E-state index in [0.717, 1.165) is 11.4 Å². The van der Waals surface area contributed by atoms with Gasteiger partial charge in [0, 0.05) is 12.6 Å². The van der Waals surface area contributed by atoms with Gasteiger partial charge in [-0.15, -0.1) is 10.2 Å². The maximum atomic E-state index is 5.60. The monoisotopic (exact) mass is 188 g/mol. The average Bonchev–Trinajstić information content (AvgIpc) is 2.50. The highest BCUT2D eigenvalue weighted by molar-refractivity contribution is 5.57. The van der Waals surface area contributed by atoms with Crippen molar-refractivity contribution in [1.82, 2.24) is 14.8 Å². The average molecular weight is 188 g/mol. The number of hydrogen-bond acceptors (Lipinski definition) is 3. The first-order valence-electron chi connectivity index (χ1n) is 4.40. The molecular weight excluding hydrogens is 176 g/mol. The van der Waals surface area contributed by atoms with Gasteiger partial charge in [0.05, 0.1) is 0 Å². The molecule has 0 spiro atoms. The second-order valence-corrected chi connectivity index (χ2v) is 3.31. The van der Waals surface area contributed by atoms with E-state index in [1.54, 1.807) is 4.57 Å². The predicted octanol–water partition coefficient (Wildman–Crippen LogP) is 1.37. The topological polar surface area (TPSA) is 56.7 Å². The zero-order chi connectivity index (χ0) is 10.1. The molecule has 1 aromatic carbocycles. The quantitative estimate of drug-likeness (QED) is 0.735. The molecule has 0 radical (unpaired) electrons. The third-order valence-corrected chi connectivity index (χ3v) is 2.22. The molecule has 0 bridgehead atoms. The normalized spacial score (nSPS) is 10.4. The van der Waals surface area contributed by atoms with Gasteiger partial charge >= 0.3 is 0 Å². The van der Waals surface area contributed by atoms with Crippen LogP contribution in [0.4, 0.5) is 5.95 Å². The summed E-state index contributed by atoms with van der Waals surface area (Å²) in [6.07, 6.45) is 0. The Kier molecular flexibility index (Phi) is 1.96. The number of aromatic nitrogens is 3. The molecular formula is C10H12N4. The van der Waals surface area contributed by atoms with Crippen LogP contribution in [0.5, 0.6) is 0 Å². The van der Waals surface area contributed by atoms with Crippen molar-refractivity contribution in [3.8, 4) is 11.4 Å². The fourth-order valence-corrected chi connectivity index (χ4v) is 1.30. The number of aryl methyl sites for hydroxylation is 1. The Hall–Kier alpha value is -1.84. The van der Waals surface area contributed by atoms with Crippen LogP contribution in [0.3, 0.4) is 0 Å². The fourth-order valence-electron chi connectivity index (χ4n) is 1.30. The molecule has 0 aliphatic rings. The van der Waals surface area contributed by atoms with E-state index in [-0.39, 0.29) is 0 Å². The molecule has 0 saturated carbocycles. The Labute approximate surface area is 82.4 Å². The van der Waals surface area contributed by atoms with Crippen molar-refractivity contribution in [1.29, 1.82) is 0 Å². The van der Waals surface area contributed by atoms with Crippen molar-refractivity contribution >= 4 is 5.95 Å². The summed E-state index contributed by atoms with van der Waals surface area (Å²) in [5.74, 6) is 1.23. The van der Waals surface area contributed by atoms with E-state index in [1.807, 2.05) is 31.3 Å². The highest BCUT2D eigenvalue weighted by Crippen LogP contribution is 2.17. The smallest absolute Gasteiger partial charge is 0.222 e. The molecule has 0 saturated heterocycles. The standard InChI is InChI=1S/C10H12N4/c1-7-3-5-8(6-4-7)9-12-13-10(11)14(9)2/h3-6H,1-2H3,(H2,11,13). The second kappa shape index (κ2) is 3.14. The van der Waals surface area contributed by atoms with E-state index in [9.17, 15) is 0 Å². The molecule has 1 heterocycles. The minimum Gasteiger partial charge on any atom is -0.368 e. The molecule has 0 atom stereocenters. The van der Waals surface area contributed by atoms with Crippen molar-refractivity contribution in [2.75, 3.05) is 5.73 Å². The molecule has 0 fully saturated rings. The molecule has 2 N–H and O–H groups in total. The van der Waals surface area contributed by atoms with E-state index >= 15 is 0 Å². The third kappa shape index (κ3) is 1.35. The van der Waals surface area contributed by atoms with Gasteiger partial charge in [-0.2, -0.15) is 0 Å². The van der Waals surface area contributed by atoms with Crippen molar-refractivity contribution in [3.05, 3.63) is 29.8 Å². The van der Waals surface area contributed by atoms with Gasteiger partial charge in [-0.05, 0) is 6.92 Å². The molecule has 4 heteroatoms. The van der Waals surface area contributed by atoms with Gasteiger partial charge in [-0.1, -0.05) is 29.8 Å². The van der Waals surface area contributed by atoms with E-state index in [1.165, 1.54) is 5.56 Å². The summed E-state index contributed by atoms with van der Waals surface area (Å²) >= 11 is 0. The lowest BCUT2D eigenvalue weighted by atomic mass is 10.1. The van der Waals surface area contributed by atoms with E-state index in [2.05, 4.69) is 17.1 Å². The number of anilines is 1. The first kappa shape index (κ1) is 8.74.